The van der Waals surface area contributed by atoms with E-state index in [1.54, 1.807) is 6.26 Å². The van der Waals surface area contributed by atoms with Crippen molar-refractivity contribution in [2.24, 2.45) is 11.8 Å². The molecular weight excluding hydrogens is 272 g/mol. The van der Waals surface area contributed by atoms with Crippen molar-refractivity contribution < 1.29 is 9.00 Å². The molecule has 0 aromatic rings. The fourth-order valence-electron chi connectivity index (χ4n) is 3.48. The van der Waals surface area contributed by atoms with Crippen molar-refractivity contribution in [2.75, 3.05) is 18.6 Å². The zero-order valence-electron chi connectivity index (χ0n) is 12.9. The number of hydrogen-bond donors (Lipinski definition) is 1. The van der Waals surface area contributed by atoms with Crippen LogP contribution in [0.15, 0.2) is 0 Å². The molecule has 1 N–H and O–H groups in total. The zero-order chi connectivity index (χ0) is 14.7. The highest BCUT2D eigenvalue weighted by Gasteiger charge is 2.42. The number of carbonyl (C=O) groups is 1. The molecule has 0 bridgehead atoms. The van der Waals surface area contributed by atoms with Gasteiger partial charge in [0, 0.05) is 29.4 Å². The second-order valence-electron chi connectivity index (χ2n) is 6.65. The average molecular weight is 300 g/mol. The molecule has 2 rings (SSSR count). The number of nitrogens with one attached hydrogen (secondary N) is 1. The monoisotopic (exact) mass is 300 g/mol. The Kier molecular flexibility index (Phi) is 5.61. The van der Waals surface area contributed by atoms with Gasteiger partial charge in [-0.3, -0.25) is 14.3 Å². The van der Waals surface area contributed by atoms with Crippen LogP contribution in [0.2, 0.25) is 0 Å². The molecule has 1 heterocycles. The van der Waals surface area contributed by atoms with Crippen LogP contribution in [0.25, 0.3) is 0 Å². The molecule has 3 unspecified atom stereocenters. The van der Waals surface area contributed by atoms with Crippen LogP contribution in [-0.2, 0) is 15.6 Å². The van der Waals surface area contributed by atoms with Crippen molar-refractivity contribution in [1.82, 2.24) is 10.2 Å². The number of rotatable bonds is 6. The predicted octanol–water partition coefficient (Wildman–Crippen LogP) is 1.73. The zero-order valence-corrected chi connectivity index (χ0v) is 13.7. The van der Waals surface area contributed by atoms with Gasteiger partial charge in [0.05, 0.1) is 12.2 Å². The Morgan fingerprint density at radius 3 is 2.55 bits per heavy atom. The van der Waals surface area contributed by atoms with E-state index in [4.69, 9.17) is 0 Å². The molecule has 0 aromatic carbocycles. The van der Waals surface area contributed by atoms with Crippen LogP contribution >= 0.6 is 0 Å². The molecule has 116 valence electrons. The van der Waals surface area contributed by atoms with Crippen LogP contribution in [0.4, 0.5) is 0 Å². The molecule has 3 atom stereocenters. The maximum Gasteiger partial charge on any atom is 0.241 e. The van der Waals surface area contributed by atoms with Gasteiger partial charge >= 0.3 is 0 Å². The molecular formula is C15H28N2O2S. The molecule has 5 heteroatoms. The maximum atomic E-state index is 12.6. The first-order valence-electron chi connectivity index (χ1n) is 7.85. The van der Waals surface area contributed by atoms with E-state index in [0.29, 0.717) is 24.1 Å². The maximum absolute atomic E-state index is 12.6. The highest BCUT2D eigenvalue weighted by molar-refractivity contribution is 7.84. The Labute approximate surface area is 125 Å². The molecule has 1 aliphatic carbocycles. The average Bonchev–Trinajstić information content (AvgIpc) is 2.96. The fraction of sp³-hybridized carbons (Fsp3) is 0.933. The summed E-state index contributed by atoms with van der Waals surface area (Å²) in [6, 6.07) is -0.0362. The van der Waals surface area contributed by atoms with Gasteiger partial charge in [0.1, 0.15) is 0 Å². The van der Waals surface area contributed by atoms with E-state index in [0.717, 1.165) is 6.42 Å². The first-order chi connectivity index (χ1) is 9.49. The van der Waals surface area contributed by atoms with E-state index in [1.165, 1.54) is 25.7 Å². The van der Waals surface area contributed by atoms with Gasteiger partial charge in [-0.05, 0) is 31.1 Å². The van der Waals surface area contributed by atoms with Crippen molar-refractivity contribution in [3.8, 4) is 0 Å². The summed E-state index contributed by atoms with van der Waals surface area (Å²) in [4.78, 5) is 14.6. The van der Waals surface area contributed by atoms with Crippen molar-refractivity contribution in [1.29, 1.82) is 0 Å². The lowest BCUT2D eigenvalue weighted by Crippen LogP contribution is -2.44. The highest BCUT2D eigenvalue weighted by atomic mass is 32.2. The van der Waals surface area contributed by atoms with Gasteiger partial charge in [0.2, 0.25) is 5.91 Å². The smallest absolute Gasteiger partial charge is 0.241 e. The number of hydrogen-bond acceptors (Lipinski definition) is 3. The second-order valence-corrected chi connectivity index (χ2v) is 8.20. The topological polar surface area (TPSA) is 49.4 Å². The lowest BCUT2D eigenvalue weighted by molar-refractivity contribution is -0.130. The summed E-state index contributed by atoms with van der Waals surface area (Å²) >= 11 is 0. The van der Waals surface area contributed by atoms with Crippen LogP contribution in [-0.4, -0.2) is 45.8 Å². The molecule has 1 saturated heterocycles. The molecule has 0 aromatic heterocycles. The summed E-state index contributed by atoms with van der Waals surface area (Å²) in [5.74, 6) is 1.91. The second kappa shape index (κ2) is 7.03. The Bertz CT molecular complexity index is 367. The Morgan fingerprint density at radius 2 is 2.00 bits per heavy atom. The third-order valence-electron chi connectivity index (χ3n) is 4.46. The molecule has 0 radical (unpaired) electrons. The minimum Gasteiger partial charge on any atom is -0.325 e. The minimum absolute atomic E-state index is 0.0362. The van der Waals surface area contributed by atoms with E-state index < -0.39 is 10.8 Å². The molecule has 1 amide bonds. The van der Waals surface area contributed by atoms with Gasteiger partial charge < -0.3 is 4.90 Å². The third kappa shape index (κ3) is 3.82. The largest absolute Gasteiger partial charge is 0.325 e. The van der Waals surface area contributed by atoms with Gasteiger partial charge in [-0.25, -0.2) is 0 Å². The number of amides is 1. The third-order valence-corrected chi connectivity index (χ3v) is 5.22. The van der Waals surface area contributed by atoms with Gasteiger partial charge in [-0.15, -0.1) is 0 Å². The van der Waals surface area contributed by atoms with Crippen molar-refractivity contribution in [3.63, 3.8) is 0 Å². The molecule has 20 heavy (non-hydrogen) atoms. The van der Waals surface area contributed by atoms with Gasteiger partial charge in [0.25, 0.3) is 0 Å². The first-order valence-corrected chi connectivity index (χ1v) is 9.58. The molecule has 4 nitrogen and oxygen atoms in total. The summed E-state index contributed by atoms with van der Waals surface area (Å²) in [5, 5.41) is 3.57. The van der Waals surface area contributed by atoms with Gasteiger partial charge in [-0.2, -0.15) is 0 Å². The summed E-state index contributed by atoms with van der Waals surface area (Å²) in [6.07, 6.45) is 7.77. The number of nitrogens with zero attached hydrogens (tertiary/aromatic N) is 1. The van der Waals surface area contributed by atoms with Crippen LogP contribution in [0.1, 0.15) is 46.0 Å². The molecule has 1 aliphatic heterocycles. The van der Waals surface area contributed by atoms with Crippen LogP contribution in [0.3, 0.4) is 0 Å². The minimum atomic E-state index is -0.837. The van der Waals surface area contributed by atoms with Gasteiger partial charge in [-0.1, -0.05) is 26.7 Å². The summed E-state index contributed by atoms with van der Waals surface area (Å²) < 4.78 is 11.3. The quantitative estimate of drug-likeness (QED) is 0.813. The van der Waals surface area contributed by atoms with Crippen molar-refractivity contribution in [2.45, 2.75) is 58.2 Å². The highest BCUT2D eigenvalue weighted by Crippen LogP contribution is 2.32. The Morgan fingerprint density at radius 1 is 1.35 bits per heavy atom. The van der Waals surface area contributed by atoms with Crippen LogP contribution in [0.5, 0.6) is 0 Å². The van der Waals surface area contributed by atoms with E-state index in [9.17, 15) is 9.00 Å². The van der Waals surface area contributed by atoms with Gasteiger partial charge in [0.15, 0.2) is 0 Å². The normalized spacial score (nSPS) is 29.6. The van der Waals surface area contributed by atoms with Crippen LogP contribution in [0, 0.1) is 11.8 Å². The lowest BCUT2D eigenvalue weighted by Gasteiger charge is -2.28. The summed E-state index contributed by atoms with van der Waals surface area (Å²) in [7, 11) is -0.837. The first kappa shape index (κ1) is 16.0. The molecule has 2 aliphatic rings. The van der Waals surface area contributed by atoms with Crippen molar-refractivity contribution >= 4 is 16.7 Å². The summed E-state index contributed by atoms with van der Waals surface area (Å²) in [5.41, 5.74) is 0. The summed E-state index contributed by atoms with van der Waals surface area (Å²) in [6.45, 7) is 4.94. The standard InChI is InChI=1S/C15H28N2O2S/c1-11(2)10-13-15(18)17(8-9-20(3)19)14(16-13)12-6-4-5-7-12/h11-14,16H,4-10H2,1-3H3. The van der Waals surface area contributed by atoms with E-state index in [-0.39, 0.29) is 18.1 Å². The Hall–Kier alpha value is -0.420. The van der Waals surface area contributed by atoms with E-state index in [2.05, 4.69) is 19.2 Å². The van der Waals surface area contributed by atoms with E-state index in [1.807, 2.05) is 4.90 Å². The predicted molar refractivity (Wildman–Crippen MR) is 82.8 cm³/mol. The van der Waals surface area contributed by atoms with E-state index >= 15 is 0 Å². The number of carbonyl (C=O) groups excluding carboxylic acids is 1. The van der Waals surface area contributed by atoms with Crippen molar-refractivity contribution in [3.05, 3.63) is 0 Å². The SMILES string of the molecule is CC(C)CC1NC(C2CCCC2)N(CCS(C)=O)C1=O. The lowest BCUT2D eigenvalue weighted by atomic mass is 10.0. The Balaban J connectivity index is 2.05. The molecule has 1 saturated carbocycles. The van der Waals surface area contributed by atoms with Crippen LogP contribution < -0.4 is 5.32 Å². The fourth-order valence-corrected chi connectivity index (χ4v) is 3.94. The molecule has 0 spiro atoms. The molecule has 2 fully saturated rings.